The lowest BCUT2D eigenvalue weighted by Gasteiger charge is -1.99. The van der Waals surface area contributed by atoms with Crippen LogP contribution in [0.2, 0.25) is 0 Å². The predicted octanol–water partition coefficient (Wildman–Crippen LogP) is 0.885. The van der Waals surface area contributed by atoms with Crippen LogP contribution in [0.5, 0.6) is 0 Å². The summed E-state index contributed by atoms with van der Waals surface area (Å²) in [6.07, 6.45) is 2.27. The van der Waals surface area contributed by atoms with Gasteiger partial charge in [0.1, 0.15) is 12.0 Å². The first-order chi connectivity index (χ1) is 4.34. The van der Waals surface area contributed by atoms with E-state index in [1.807, 2.05) is 6.92 Å². The van der Waals surface area contributed by atoms with Gasteiger partial charge in [0.25, 0.3) is 0 Å². The molecule has 0 bridgehead atoms. The van der Waals surface area contributed by atoms with Gasteiger partial charge in [-0.25, -0.2) is 0 Å². The highest BCUT2D eigenvalue weighted by atomic mass is 16.5. The van der Waals surface area contributed by atoms with Gasteiger partial charge in [0, 0.05) is 0 Å². The average molecular weight is 125 g/mol. The Bertz CT molecular complexity index is 160. The van der Waals surface area contributed by atoms with Gasteiger partial charge >= 0.3 is 0 Å². The largest absolute Gasteiger partial charge is 0.364 e. The van der Waals surface area contributed by atoms with Gasteiger partial charge in [-0.15, -0.1) is 0 Å². The van der Waals surface area contributed by atoms with Gasteiger partial charge in [-0.05, 0) is 6.42 Å². The second kappa shape index (κ2) is 2.64. The normalized spacial score (nSPS) is 13.6. The molecule has 1 rings (SSSR count). The quantitative estimate of drug-likeness (QED) is 0.638. The maximum atomic E-state index is 5.58. The summed E-state index contributed by atoms with van der Waals surface area (Å²) in [5.41, 5.74) is 6.29. The maximum Gasteiger partial charge on any atom is 0.132 e. The molecule has 0 saturated heterocycles. The van der Waals surface area contributed by atoms with Crippen LogP contribution in [0.25, 0.3) is 0 Å². The highest BCUT2D eigenvalue weighted by Crippen LogP contribution is 2.08. The van der Waals surface area contributed by atoms with E-state index in [-0.39, 0.29) is 6.04 Å². The van der Waals surface area contributed by atoms with Crippen LogP contribution < -0.4 is 5.73 Å². The molecule has 1 atom stereocenters. The van der Waals surface area contributed by atoms with E-state index >= 15 is 0 Å². The maximum absolute atomic E-state index is 5.58. The second-order valence-corrected chi connectivity index (χ2v) is 1.86. The van der Waals surface area contributed by atoms with E-state index in [9.17, 15) is 0 Å². The molecule has 1 aromatic heterocycles. The molecule has 0 saturated carbocycles. The molecule has 3 heteroatoms. The molecule has 0 aromatic carbocycles. The van der Waals surface area contributed by atoms with Crippen LogP contribution in [0.3, 0.4) is 0 Å². The molecule has 9 heavy (non-hydrogen) atoms. The molecule has 1 unspecified atom stereocenters. The third kappa shape index (κ3) is 1.29. The number of hydrogen-bond donors (Lipinski definition) is 1. The third-order valence-corrected chi connectivity index (χ3v) is 1.20. The van der Waals surface area contributed by atoms with Crippen molar-refractivity contribution in [1.29, 1.82) is 0 Å². The van der Waals surface area contributed by atoms with Crippen LogP contribution in [0, 0.1) is 6.07 Å². The van der Waals surface area contributed by atoms with Gasteiger partial charge in [-0.1, -0.05) is 12.1 Å². The highest BCUT2D eigenvalue weighted by Gasteiger charge is 2.04. The molecule has 1 aromatic rings. The van der Waals surface area contributed by atoms with Crippen molar-refractivity contribution >= 4 is 0 Å². The predicted molar refractivity (Wildman–Crippen MR) is 32.6 cm³/mol. The minimum absolute atomic E-state index is 0.0243. The summed E-state index contributed by atoms with van der Waals surface area (Å²) in [6, 6.07) is 2.76. The molecule has 0 fully saturated rings. The van der Waals surface area contributed by atoms with Crippen molar-refractivity contribution in [3.63, 3.8) is 0 Å². The first kappa shape index (κ1) is 6.29. The van der Waals surface area contributed by atoms with Crippen LogP contribution in [0.1, 0.15) is 25.1 Å². The zero-order valence-corrected chi connectivity index (χ0v) is 5.29. The van der Waals surface area contributed by atoms with Crippen molar-refractivity contribution in [3.05, 3.63) is 18.0 Å². The van der Waals surface area contributed by atoms with E-state index in [1.165, 1.54) is 6.26 Å². The first-order valence-corrected chi connectivity index (χ1v) is 2.92. The van der Waals surface area contributed by atoms with Crippen molar-refractivity contribution in [2.75, 3.05) is 0 Å². The van der Waals surface area contributed by atoms with Gasteiger partial charge < -0.3 is 10.3 Å². The van der Waals surface area contributed by atoms with E-state index in [1.54, 1.807) is 0 Å². The fraction of sp³-hybridized carbons (Fsp3) is 0.500. The number of nitrogens with zero attached hydrogens (tertiary/aromatic N) is 1. The second-order valence-electron chi connectivity index (χ2n) is 1.86. The summed E-state index contributed by atoms with van der Waals surface area (Å²) < 4.78 is 4.55. The lowest BCUT2D eigenvalue weighted by molar-refractivity contribution is 0.404. The van der Waals surface area contributed by atoms with Crippen molar-refractivity contribution < 1.29 is 4.52 Å². The molecule has 49 valence electrons. The summed E-state index contributed by atoms with van der Waals surface area (Å²) in [5, 5.41) is 3.63. The molecular formula is C6H9N2O. The zero-order valence-electron chi connectivity index (χ0n) is 5.29. The van der Waals surface area contributed by atoms with Crippen molar-refractivity contribution in [2.45, 2.75) is 19.4 Å². The van der Waals surface area contributed by atoms with Gasteiger partial charge in [0.15, 0.2) is 0 Å². The van der Waals surface area contributed by atoms with Gasteiger partial charge in [0.2, 0.25) is 0 Å². The Morgan fingerprint density at radius 1 is 2.00 bits per heavy atom. The summed E-state index contributed by atoms with van der Waals surface area (Å²) in [6.45, 7) is 1.99. The summed E-state index contributed by atoms with van der Waals surface area (Å²) in [7, 11) is 0. The van der Waals surface area contributed by atoms with E-state index in [2.05, 4.69) is 15.7 Å². The number of nitrogens with two attached hydrogens (primary N) is 1. The molecule has 2 N–H and O–H groups in total. The zero-order chi connectivity index (χ0) is 6.69. The molecule has 1 radical (unpaired) electrons. The number of rotatable bonds is 2. The van der Waals surface area contributed by atoms with Crippen LogP contribution >= 0.6 is 0 Å². The van der Waals surface area contributed by atoms with E-state index < -0.39 is 0 Å². The Labute approximate surface area is 53.8 Å². The third-order valence-electron chi connectivity index (χ3n) is 1.20. The van der Waals surface area contributed by atoms with Gasteiger partial charge in [-0.2, -0.15) is 0 Å². The van der Waals surface area contributed by atoms with Crippen LogP contribution in [-0.4, -0.2) is 5.16 Å². The van der Waals surface area contributed by atoms with Crippen molar-refractivity contribution in [3.8, 4) is 0 Å². The summed E-state index contributed by atoms with van der Waals surface area (Å²) >= 11 is 0. The van der Waals surface area contributed by atoms with E-state index in [4.69, 9.17) is 5.73 Å². The molecule has 0 aliphatic carbocycles. The fourth-order valence-corrected chi connectivity index (χ4v) is 0.564. The molecule has 1 heterocycles. The van der Waals surface area contributed by atoms with E-state index in [0.717, 1.165) is 6.42 Å². The Morgan fingerprint density at radius 2 is 2.78 bits per heavy atom. The SMILES string of the molecule is CCC(N)c1[c]con1. The van der Waals surface area contributed by atoms with Crippen molar-refractivity contribution in [2.24, 2.45) is 5.73 Å². The van der Waals surface area contributed by atoms with Crippen LogP contribution in [0.15, 0.2) is 10.8 Å². The monoisotopic (exact) mass is 125 g/mol. The lowest BCUT2D eigenvalue weighted by Crippen LogP contribution is -2.08. The molecule has 3 nitrogen and oxygen atoms in total. The van der Waals surface area contributed by atoms with Crippen LogP contribution in [-0.2, 0) is 0 Å². The lowest BCUT2D eigenvalue weighted by atomic mass is 10.2. The summed E-state index contributed by atoms with van der Waals surface area (Å²) in [4.78, 5) is 0. The number of aromatic nitrogens is 1. The minimum Gasteiger partial charge on any atom is -0.364 e. The molecule has 0 aliphatic rings. The fourth-order valence-electron chi connectivity index (χ4n) is 0.564. The Morgan fingerprint density at radius 3 is 3.22 bits per heavy atom. The van der Waals surface area contributed by atoms with Gasteiger partial charge in [-0.3, -0.25) is 0 Å². The molecule has 0 amide bonds. The van der Waals surface area contributed by atoms with Gasteiger partial charge in [0.05, 0.1) is 12.1 Å². The smallest absolute Gasteiger partial charge is 0.132 e. The molecule has 0 spiro atoms. The van der Waals surface area contributed by atoms with Crippen LogP contribution in [0.4, 0.5) is 0 Å². The minimum atomic E-state index is -0.0243. The Balaban J connectivity index is 2.65. The first-order valence-electron chi connectivity index (χ1n) is 2.92. The average Bonchev–Trinajstić information content (AvgIpc) is 2.37. The topological polar surface area (TPSA) is 52.0 Å². The molecule has 0 aliphatic heterocycles. The Hall–Kier alpha value is -0.830. The van der Waals surface area contributed by atoms with E-state index in [0.29, 0.717) is 5.69 Å². The number of hydrogen-bond acceptors (Lipinski definition) is 3. The highest BCUT2D eigenvalue weighted by molar-refractivity contribution is 4.98. The standard InChI is InChI=1S/C6H9N2O/c1-2-5(7)6-3-4-9-8-6/h4-5H,2,7H2,1H3. The molecular weight excluding hydrogens is 116 g/mol. The Kier molecular flexibility index (Phi) is 1.85. The summed E-state index contributed by atoms with van der Waals surface area (Å²) in [5.74, 6) is 0. The van der Waals surface area contributed by atoms with Crippen molar-refractivity contribution in [1.82, 2.24) is 5.16 Å².